The summed E-state index contributed by atoms with van der Waals surface area (Å²) in [7, 11) is 0. The SMILES string of the molecule is O=C(/C=C/c1ccc([N+](=O)[O-])cc1)c1cn(Cc2ccccc2[N+](=O)[O-])nn1. The fraction of sp³-hybridized carbons (Fsp3) is 0.0556. The van der Waals surface area contributed by atoms with Crippen LogP contribution in [-0.2, 0) is 6.54 Å². The van der Waals surface area contributed by atoms with E-state index in [9.17, 15) is 25.0 Å². The molecule has 0 aliphatic carbocycles. The first kappa shape index (κ1) is 18.6. The van der Waals surface area contributed by atoms with E-state index < -0.39 is 15.6 Å². The molecule has 10 nitrogen and oxygen atoms in total. The molecular weight excluding hydrogens is 366 g/mol. The van der Waals surface area contributed by atoms with E-state index in [2.05, 4.69) is 10.3 Å². The molecule has 3 rings (SSSR count). The number of hydrogen-bond donors (Lipinski definition) is 0. The number of para-hydroxylation sites is 1. The summed E-state index contributed by atoms with van der Waals surface area (Å²) in [5.41, 5.74) is 1.06. The zero-order chi connectivity index (χ0) is 20.1. The van der Waals surface area contributed by atoms with Crippen LogP contribution in [0.3, 0.4) is 0 Å². The number of nitro benzene ring substituents is 2. The molecule has 0 spiro atoms. The molecule has 0 aliphatic rings. The van der Waals surface area contributed by atoms with Crippen molar-refractivity contribution in [2.24, 2.45) is 0 Å². The van der Waals surface area contributed by atoms with Gasteiger partial charge in [-0.2, -0.15) is 0 Å². The zero-order valence-corrected chi connectivity index (χ0v) is 14.3. The summed E-state index contributed by atoms with van der Waals surface area (Å²) < 4.78 is 1.34. The third kappa shape index (κ3) is 4.30. The van der Waals surface area contributed by atoms with Crippen LogP contribution < -0.4 is 0 Å². The fourth-order valence-corrected chi connectivity index (χ4v) is 2.45. The van der Waals surface area contributed by atoms with Crippen molar-refractivity contribution < 1.29 is 14.6 Å². The predicted octanol–water partition coefficient (Wildman–Crippen LogP) is 3.04. The summed E-state index contributed by atoms with van der Waals surface area (Å²) in [6.07, 6.45) is 4.19. The summed E-state index contributed by atoms with van der Waals surface area (Å²) in [6, 6.07) is 12.0. The number of aromatic nitrogens is 3. The van der Waals surface area contributed by atoms with Crippen molar-refractivity contribution in [3.8, 4) is 0 Å². The molecule has 0 fully saturated rings. The van der Waals surface area contributed by atoms with Gasteiger partial charge in [0.2, 0.25) is 5.78 Å². The molecule has 140 valence electrons. The number of nitrogens with zero attached hydrogens (tertiary/aromatic N) is 5. The van der Waals surface area contributed by atoms with Crippen LogP contribution in [0.1, 0.15) is 21.6 Å². The van der Waals surface area contributed by atoms with Crippen LogP contribution >= 0.6 is 0 Å². The van der Waals surface area contributed by atoms with E-state index in [1.807, 2.05) is 0 Å². The van der Waals surface area contributed by atoms with E-state index in [0.717, 1.165) is 0 Å². The number of ketones is 1. The Morgan fingerprint density at radius 2 is 1.75 bits per heavy atom. The molecule has 0 saturated heterocycles. The molecule has 10 heteroatoms. The van der Waals surface area contributed by atoms with E-state index >= 15 is 0 Å². The van der Waals surface area contributed by atoms with Gasteiger partial charge in [0.05, 0.1) is 28.2 Å². The first-order valence-corrected chi connectivity index (χ1v) is 8.03. The molecule has 0 atom stereocenters. The number of hydrogen-bond acceptors (Lipinski definition) is 7. The van der Waals surface area contributed by atoms with E-state index in [1.165, 1.54) is 53.4 Å². The highest BCUT2D eigenvalue weighted by Crippen LogP contribution is 2.18. The minimum Gasteiger partial charge on any atom is -0.287 e. The van der Waals surface area contributed by atoms with E-state index in [4.69, 9.17) is 0 Å². The fourth-order valence-electron chi connectivity index (χ4n) is 2.45. The van der Waals surface area contributed by atoms with Crippen molar-refractivity contribution in [3.63, 3.8) is 0 Å². The normalized spacial score (nSPS) is 10.9. The second-order valence-electron chi connectivity index (χ2n) is 5.73. The van der Waals surface area contributed by atoms with E-state index in [0.29, 0.717) is 11.1 Å². The van der Waals surface area contributed by atoms with Crippen LogP contribution in [0.4, 0.5) is 11.4 Å². The van der Waals surface area contributed by atoms with Gasteiger partial charge in [0, 0.05) is 18.2 Å². The van der Waals surface area contributed by atoms with Crippen molar-refractivity contribution in [3.05, 3.63) is 97.9 Å². The minimum absolute atomic E-state index is 0.0380. The van der Waals surface area contributed by atoms with Gasteiger partial charge in [-0.05, 0) is 23.8 Å². The molecule has 0 saturated carbocycles. The Morgan fingerprint density at radius 1 is 1.04 bits per heavy atom. The van der Waals surface area contributed by atoms with E-state index in [1.54, 1.807) is 18.2 Å². The quantitative estimate of drug-likeness (QED) is 0.266. The van der Waals surface area contributed by atoms with Crippen molar-refractivity contribution in [1.29, 1.82) is 0 Å². The Bertz CT molecular complexity index is 1070. The van der Waals surface area contributed by atoms with E-state index in [-0.39, 0.29) is 23.6 Å². The van der Waals surface area contributed by atoms with Gasteiger partial charge < -0.3 is 0 Å². The van der Waals surface area contributed by atoms with Crippen molar-refractivity contribution in [1.82, 2.24) is 15.0 Å². The third-order valence-corrected chi connectivity index (χ3v) is 3.84. The maximum absolute atomic E-state index is 12.2. The Hall–Kier alpha value is -4.21. The third-order valence-electron chi connectivity index (χ3n) is 3.84. The van der Waals surface area contributed by atoms with Gasteiger partial charge in [-0.25, -0.2) is 4.68 Å². The molecule has 0 radical (unpaired) electrons. The smallest absolute Gasteiger partial charge is 0.274 e. The Morgan fingerprint density at radius 3 is 2.43 bits per heavy atom. The van der Waals surface area contributed by atoms with Gasteiger partial charge in [0.1, 0.15) is 0 Å². The summed E-state index contributed by atoms with van der Waals surface area (Å²) in [4.78, 5) is 32.9. The second kappa shape index (κ2) is 7.99. The van der Waals surface area contributed by atoms with Crippen molar-refractivity contribution >= 4 is 23.2 Å². The maximum atomic E-state index is 12.2. The topological polar surface area (TPSA) is 134 Å². The second-order valence-corrected chi connectivity index (χ2v) is 5.73. The molecule has 1 aromatic heterocycles. The minimum atomic E-state index is -0.506. The molecule has 2 aromatic carbocycles. The molecule has 0 unspecified atom stereocenters. The van der Waals surface area contributed by atoms with Gasteiger partial charge in [-0.15, -0.1) is 5.10 Å². The number of non-ortho nitro benzene ring substituents is 1. The summed E-state index contributed by atoms with van der Waals surface area (Å²) in [5, 5.41) is 29.3. The summed E-state index contributed by atoms with van der Waals surface area (Å²) in [6.45, 7) is 0.101. The Balaban J connectivity index is 1.70. The van der Waals surface area contributed by atoms with Gasteiger partial charge in [-0.3, -0.25) is 25.0 Å². The first-order valence-electron chi connectivity index (χ1n) is 8.03. The van der Waals surface area contributed by atoms with Gasteiger partial charge in [0.15, 0.2) is 5.69 Å². The van der Waals surface area contributed by atoms with Crippen LogP contribution in [-0.4, -0.2) is 30.6 Å². The Kier molecular flexibility index (Phi) is 5.30. The lowest BCUT2D eigenvalue weighted by atomic mass is 10.1. The van der Waals surface area contributed by atoms with Crippen LogP contribution in [0.15, 0.2) is 60.8 Å². The lowest BCUT2D eigenvalue weighted by Crippen LogP contribution is -2.03. The van der Waals surface area contributed by atoms with Crippen molar-refractivity contribution in [2.45, 2.75) is 6.54 Å². The molecule has 3 aromatic rings. The first-order chi connectivity index (χ1) is 13.4. The number of carbonyl (C=O) groups excluding carboxylic acids is 1. The maximum Gasteiger partial charge on any atom is 0.274 e. The number of carbonyl (C=O) groups is 1. The van der Waals surface area contributed by atoms with Crippen LogP contribution in [0.5, 0.6) is 0 Å². The lowest BCUT2D eigenvalue weighted by Gasteiger charge is -2.01. The average molecular weight is 379 g/mol. The molecule has 28 heavy (non-hydrogen) atoms. The van der Waals surface area contributed by atoms with Crippen LogP contribution in [0.2, 0.25) is 0 Å². The van der Waals surface area contributed by atoms with Gasteiger partial charge in [0.25, 0.3) is 11.4 Å². The monoisotopic (exact) mass is 379 g/mol. The predicted molar refractivity (Wildman–Crippen MR) is 98.7 cm³/mol. The number of benzene rings is 2. The summed E-state index contributed by atoms with van der Waals surface area (Å²) in [5.74, 6) is -0.410. The molecule has 0 amide bonds. The molecule has 0 aliphatic heterocycles. The van der Waals surface area contributed by atoms with Crippen LogP contribution in [0, 0.1) is 20.2 Å². The van der Waals surface area contributed by atoms with Gasteiger partial charge >= 0.3 is 0 Å². The summed E-state index contributed by atoms with van der Waals surface area (Å²) >= 11 is 0. The standard InChI is InChI=1S/C18H13N5O5/c24-18(10-7-13-5-8-15(9-6-13)22(25)26)16-12-21(20-19-16)11-14-3-1-2-4-17(14)23(27)28/h1-10,12H,11H2/b10-7+. The van der Waals surface area contributed by atoms with Crippen LogP contribution in [0.25, 0.3) is 6.08 Å². The molecule has 0 N–H and O–H groups in total. The highest BCUT2D eigenvalue weighted by molar-refractivity contribution is 6.05. The molecule has 1 heterocycles. The molecular formula is C18H13N5O5. The Labute approximate surface area is 158 Å². The average Bonchev–Trinajstić information content (AvgIpc) is 3.15. The highest BCUT2D eigenvalue weighted by Gasteiger charge is 2.14. The highest BCUT2D eigenvalue weighted by atomic mass is 16.6. The zero-order valence-electron chi connectivity index (χ0n) is 14.3. The largest absolute Gasteiger partial charge is 0.287 e. The lowest BCUT2D eigenvalue weighted by molar-refractivity contribution is -0.385. The number of rotatable bonds is 7. The molecule has 0 bridgehead atoms. The number of allylic oxidation sites excluding steroid dienone is 1. The van der Waals surface area contributed by atoms with Crippen molar-refractivity contribution in [2.75, 3.05) is 0 Å². The van der Waals surface area contributed by atoms with Gasteiger partial charge in [-0.1, -0.05) is 29.5 Å². The number of nitro groups is 2.